The molecule has 0 aliphatic heterocycles. The van der Waals surface area contributed by atoms with E-state index in [2.05, 4.69) is 20.4 Å². The lowest BCUT2D eigenvalue weighted by atomic mass is 10.2. The zero-order valence-electron chi connectivity index (χ0n) is 12.7. The van der Waals surface area contributed by atoms with Crippen molar-refractivity contribution in [2.75, 3.05) is 5.32 Å². The number of aryl methyl sites for hydroxylation is 1. The van der Waals surface area contributed by atoms with E-state index in [9.17, 15) is 9.59 Å². The third-order valence-electron chi connectivity index (χ3n) is 3.64. The van der Waals surface area contributed by atoms with Crippen LogP contribution < -0.4 is 10.9 Å². The van der Waals surface area contributed by atoms with Gasteiger partial charge in [-0.05, 0) is 30.7 Å². The number of rotatable bonds is 2. The van der Waals surface area contributed by atoms with Gasteiger partial charge in [-0.2, -0.15) is 9.61 Å². The van der Waals surface area contributed by atoms with Crippen LogP contribution in [0, 0.1) is 6.92 Å². The normalized spacial score (nSPS) is 11.0. The van der Waals surface area contributed by atoms with Crippen LogP contribution in [0.3, 0.4) is 0 Å². The fourth-order valence-electron chi connectivity index (χ4n) is 2.45. The quantitative estimate of drug-likeness (QED) is 0.601. The number of anilines is 1. The summed E-state index contributed by atoms with van der Waals surface area (Å²) in [5.41, 5.74) is 1.60. The number of nitrogens with zero attached hydrogens (tertiary/aromatic N) is 5. The van der Waals surface area contributed by atoms with Crippen LogP contribution in [-0.4, -0.2) is 29.9 Å². The molecule has 0 unspecified atom stereocenters. The molecule has 0 aliphatic rings. The minimum absolute atomic E-state index is 0.0477. The predicted molar refractivity (Wildman–Crippen MR) is 87.1 cm³/mol. The van der Waals surface area contributed by atoms with Gasteiger partial charge in [0.2, 0.25) is 0 Å². The Morgan fingerprint density at radius 3 is 2.88 bits per heavy atom. The van der Waals surface area contributed by atoms with E-state index in [1.807, 2.05) is 6.92 Å². The summed E-state index contributed by atoms with van der Waals surface area (Å²) in [7, 11) is 0. The average Bonchev–Trinajstić information content (AvgIpc) is 3.04. The van der Waals surface area contributed by atoms with Crippen molar-refractivity contribution in [3.8, 4) is 0 Å². The van der Waals surface area contributed by atoms with Crippen molar-refractivity contribution in [2.24, 2.45) is 0 Å². The maximum Gasteiger partial charge on any atom is 0.270 e. The van der Waals surface area contributed by atoms with Crippen LogP contribution >= 0.6 is 0 Å². The number of nitrogens with one attached hydrogen (secondary N) is 1. The molecule has 0 saturated heterocycles. The van der Waals surface area contributed by atoms with Crippen molar-refractivity contribution in [1.82, 2.24) is 24.0 Å². The fraction of sp³-hybridized carbons (Fsp3) is 0.0625. The molecule has 4 rings (SSSR count). The van der Waals surface area contributed by atoms with E-state index >= 15 is 0 Å². The molecule has 1 amide bonds. The highest BCUT2D eigenvalue weighted by atomic mass is 16.2. The van der Waals surface area contributed by atoms with Crippen LogP contribution in [0.5, 0.6) is 0 Å². The topological polar surface area (TPSA) is 93.7 Å². The molecule has 0 saturated carbocycles. The molecule has 0 fully saturated rings. The second-order valence-corrected chi connectivity index (χ2v) is 5.29. The van der Waals surface area contributed by atoms with Crippen molar-refractivity contribution in [3.05, 3.63) is 70.5 Å². The lowest BCUT2D eigenvalue weighted by Gasteiger charge is -2.07. The number of hydrogen-bond donors (Lipinski definition) is 1. The molecule has 0 aliphatic carbocycles. The zero-order chi connectivity index (χ0) is 16.7. The van der Waals surface area contributed by atoms with Gasteiger partial charge in [0.15, 0.2) is 5.65 Å². The highest BCUT2D eigenvalue weighted by molar-refractivity contribution is 6.03. The average molecular weight is 320 g/mol. The molecule has 8 heteroatoms. The molecular formula is C16H12N6O2. The molecule has 4 heterocycles. The number of amides is 1. The third-order valence-corrected chi connectivity index (χ3v) is 3.64. The summed E-state index contributed by atoms with van der Waals surface area (Å²) in [6.45, 7) is 1.91. The second-order valence-electron chi connectivity index (χ2n) is 5.29. The van der Waals surface area contributed by atoms with Crippen molar-refractivity contribution >= 4 is 23.0 Å². The largest absolute Gasteiger partial charge is 0.306 e. The molecule has 0 aromatic carbocycles. The van der Waals surface area contributed by atoms with Crippen LogP contribution in [-0.2, 0) is 0 Å². The first-order chi connectivity index (χ1) is 11.6. The minimum Gasteiger partial charge on any atom is -0.306 e. The Morgan fingerprint density at radius 1 is 1.12 bits per heavy atom. The summed E-state index contributed by atoms with van der Waals surface area (Å²) in [5.74, 6) is -0.131. The monoisotopic (exact) mass is 320 g/mol. The summed E-state index contributed by atoms with van der Waals surface area (Å²) >= 11 is 0. The first kappa shape index (κ1) is 14.1. The van der Waals surface area contributed by atoms with Crippen LogP contribution in [0.15, 0.2) is 53.8 Å². The molecule has 4 aromatic rings. The first-order valence-electron chi connectivity index (χ1n) is 7.21. The Morgan fingerprint density at radius 2 is 2.00 bits per heavy atom. The number of pyridine rings is 1. The standard InChI is InChI=1S/C16H12N6O2/c1-10-4-7-21-14(8-10)18-9-11(16(21)24)15(23)20-13-2-5-17-12-3-6-19-22(12)13/h2-9H,1H3,(H,20,23). The first-order valence-corrected chi connectivity index (χ1v) is 7.21. The van der Waals surface area contributed by atoms with Crippen molar-refractivity contribution in [2.45, 2.75) is 6.92 Å². The highest BCUT2D eigenvalue weighted by Gasteiger charge is 2.15. The van der Waals surface area contributed by atoms with Crippen LogP contribution in [0.2, 0.25) is 0 Å². The van der Waals surface area contributed by atoms with Gasteiger partial charge >= 0.3 is 0 Å². The van der Waals surface area contributed by atoms with E-state index in [0.29, 0.717) is 17.1 Å². The Hall–Kier alpha value is -3.55. The van der Waals surface area contributed by atoms with Gasteiger partial charge in [-0.3, -0.25) is 14.0 Å². The summed E-state index contributed by atoms with van der Waals surface area (Å²) in [4.78, 5) is 33.3. The highest BCUT2D eigenvalue weighted by Crippen LogP contribution is 2.10. The van der Waals surface area contributed by atoms with Gasteiger partial charge in [0, 0.05) is 24.7 Å². The lowest BCUT2D eigenvalue weighted by Crippen LogP contribution is -2.27. The van der Waals surface area contributed by atoms with E-state index in [4.69, 9.17) is 0 Å². The molecule has 118 valence electrons. The molecule has 0 atom stereocenters. The van der Waals surface area contributed by atoms with Gasteiger partial charge < -0.3 is 5.32 Å². The van der Waals surface area contributed by atoms with E-state index in [0.717, 1.165) is 5.56 Å². The van der Waals surface area contributed by atoms with E-state index < -0.39 is 11.5 Å². The number of aromatic nitrogens is 5. The maximum atomic E-state index is 12.5. The van der Waals surface area contributed by atoms with Crippen LogP contribution in [0.4, 0.5) is 5.82 Å². The van der Waals surface area contributed by atoms with Gasteiger partial charge in [-0.25, -0.2) is 9.97 Å². The minimum atomic E-state index is -0.550. The van der Waals surface area contributed by atoms with Crippen molar-refractivity contribution in [1.29, 1.82) is 0 Å². The summed E-state index contributed by atoms with van der Waals surface area (Å²) in [5, 5.41) is 6.76. The molecule has 0 spiro atoms. The van der Waals surface area contributed by atoms with E-state index in [1.165, 1.54) is 15.1 Å². The van der Waals surface area contributed by atoms with Gasteiger partial charge in [0.05, 0.1) is 6.20 Å². The number of fused-ring (bicyclic) bond motifs is 2. The smallest absolute Gasteiger partial charge is 0.270 e. The molecule has 24 heavy (non-hydrogen) atoms. The number of hydrogen-bond acceptors (Lipinski definition) is 5. The molecule has 0 radical (unpaired) electrons. The van der Waals surface area contributed by atoms with Gasteiger partial charge in [-0.15, -0.1) is 0 Å². The molecule has 8 nitrogen and oxygen atoms in total. The predicted octanol–water partition coefficient (Wildman–Crippen LogP) is 1.30. The van der Waals surface area contributed by atoms with Gasteiger partial charge in [-0.1, -0.05) is 0 Å². The Balaban J connectivity index is 1.76. The molecule has 1 N–H and O–H groups in total. The molecular weight excluding hydrogens is 308 g/mol. The zero-order valence-corrected chi connectivity index (χ0v) is 12.7. The molecule has 0 bridgehead atoms. The molecule has 4 aromatic heterocycles. The Labute approximate surface area is 135 Å². The van der Waals surface area contributed by atoms with Gasteiger partial charge in [0.1, 0.15) is 17.0 Å². The van der Waals surface area contributed by atoms with E-state index in [1.54, 1.807) is 42.9 Å². The third kappa shape index (κ3) is 2.21. The summed E-state index contributed by atoms with van der Waals surface area (Å²) in [6.07, 6.45) is 6.02. The number of carbonyl (C=O) groups is 1. The SMILES string of the molecule is Cc1ccn2c(=O)c(C(=O)Nc3ccnc4ccnn34)cnc2c1. The number of carbonyl (C=O) groups excluding carboxylic acids is 1. The Bertz CT molecular complexity index is 1140. The van der Waals surface area contributed by atoms with Crippen molar-refractivity contribution < 1.29 is 4.79 Å². The summed E-state index contributed by atoms with van der Waals surface area (Å²) in [6, 6.07) is 6.88. The fourth-order valence-corrected chi connectivity index (χ4v) is 2.45. The maximum absolute atomic E-state index is 12.5. The van der Waals surface area contributed by atoms with E-state index in [-0.39, 0.29) is 5.56 Å². The van der Waals surface area contributed by atoms with Crippen LogP contribution in [0.25, 0.3) is 11.3 Å². The summed E-state index contributed by atoms with van der Waals surface area (Å²) < 4.78 is 2.82. The van der Waals surface area contributed by atoms with Crippen molar-refractivity contribution in [3.63, 3.8) is 0 Å². The lowest BCUT2D eigenvalue weighted by molar-refractivity contribution is 0.102. The van der Waals surface area contributed by atoms with Crippen LogP contribution in [0.1, 0.15) is 15.9 Å². The van der Waals surface area contributed by atoms with Gasteiger partial charge in [0.25, 0.3) is 11.5 Å². The second kappa shape index (κ2) is 5.27. The Kier molecular flexibility index (Phi) is 3.09.